The van der Waals surface area contributed by atoms with Crippen LogP contribution >= 0.6 is 23.2 Å². The molecule has 28 heavy (non-hydrogen) atoms. The average Bonchev–Trinajstić information content (AvgIpc) is 3.13. The lowest BCUT2D eigenvalue weighted by Gasteiger charge is -2.16. The first-order valence-corrected chi connectivity index (χ1v) is 9.60. The Bertz CT molecular complexity index is 931. The monoisotopic (exact) mass is 418 g/mol. The normalized spacial score (nSPS) is 11.8. The highest BCUT2D eigenvalue weighted by Crippen LogP contribution is 2.31. The summed E-state index contributed by atoms with van der Waals surface area (Å²) in [6, 6.07) is 14.4. The van der Waals surface area contributed by atoms with E-state index in [1.807, 2.05) is 37.3 Å². The zero-order valence-corrected chi connectivity index (χ0v) is 16.8. The molecule has 0 bridgehead atoms. The Morgan fingerprint density at radius 1 is 1.18 bits per heavy atom. The van der Waals surface area contributed by atoms with Gasteiger partial charge in [0.05, 0.1) is 11.6 Å². The van der Waals surface area contributed by atoms with Crippen LogP contribution in [-0.4, -0.2) is 27.7 Å². The first-order chi connectivity index (χ1) is 13.5. The number of hydrogen-bond donors (Lipinski definition) is 2. The Morgan fingerprint density at radius 3 is 2.68 bits per heavy atom. The summed E-state index contributed by atoms with van der Waals surface area (Å²) in [5.41, 5.74) is 0.914. The van der Waals surface area contributed by atoms with Crippen LogP contribution in [0.3, 0.4) is 0 Å². The van der Waals surface area contributed by atoms with Gasteiger partial charge in [0.25, 0.3) is 0 Å². The van der Waals surface area contributed by atoms with E-state index in [9.17, 15) is 4.79 Å². The molecule has 0 spiro atoms. The highest BCUT2D eigenvalue weighted by atomic mass is 35.5. The molecule has 0 fully saturated rings. The van der Waals surface area contributed by atoms with E-state index in [0.29, 0.717) is 46.9 Å². The first kappa shape index (κ1) is 20.2. The van der Waals surface area contributed by atoms with Crippen molar-refractivity contribution in [3.63, 3.8) is 0 Å². The number of aromatic amines is 1. The van der Waals surface area contributed by atoms with Gasteiger partial charge in [-0.15, -0.1) is 0 Å². The summed E-state index contributed by atoms with van der Waals surface area (Å²) in [7, 11) is 0. The summed E-state index contributed by atoms with van der Waals surface area (Å²) in [4.78, 5) is 16.8. The number of halogens is 2. The molecule has 6 nitrogen and oxygen atoms in total. The average molecular weight is 419 g/mol. The zero-order valence-electron chi connectivity index (χ0n) is 15.3. The molecule has 3 rings (SSSR count). The molecule has 1 heterocycles. The topological polar surface area (TPSA) is 79.9 Å². The minimum Gasteiger partial charge on any atom is -0.492 e. The highest BCUT2D eigenvalue weighted by molar-refractivity contribution is 6.42. The first-order valence-electron chi connectivity index (χ1n) is 8.84. The molecular weight excluding hydrogens is 399 g/mol. The Labute approximate surface area is 173 Å². The second-order valence-electron chi connectivity index (χ2n) is 6.19. The van der Waals surface area contributed by atoms with Crippen LogP contribution in [0.5, 0.6) is 5.75 Å². The van der Waals surface area contributed by atoms with E-state index >= 15 is 0 Å². The van der Waals surface area contributed by atoms with Crippen molar-refractivity contribution >= 4 is 29.1 Å². The largest absolute Gasteiger partial charge is 0.492 e. The predicted octanol–water partition coefficient (Wildman–Crippen LogP) is 4.48. The highest BCUT2D eigenvalue weighted by Gasteiger charge is 2.20. The van der Waals surface area contributed by atoms with Crippen molar-refractivity contribution < 1.29 is 9.53 Å². The van der Waals surface area contributed by atoms with Crippen molar-refractivity contribution in [2.75, 3.05) is 6.61 Å². The van der Waals surface area contributed by atoms with E-state index in [1.54, 1.807) is 18.2 Å². The van der Waals surface area contributed by atoms with Gasteiger partial charge < -0.3 is 10.1 Å². The molecule has 146 valence electrons. The molecule has 0 radical (unpaired) electrons. The minimum atomic E-state index is -0.415. The molecule has 2 N–H and O–H groups in total. The van der Waals surface area contributed by atoms with Crippen LogP contribution in [0, 0.1) is 6.92 Å². The summed E-state index contributed by atoms with van der Waals surface area (Å²) in [5.74, 6) is 1.61. The number of ether oxygens (including phenoxy) is 1. The lowest BCUT2D eigenvalue weighted by Crippen LogP contribution is -2.30. The number of benzene rings is 2. The zero-order chi connectivity index (χ0) is 19.9. The van der Waals surface area contributed by atoms with Crippen molar-refractivity contribution in [3.05, 3.63) is 75.8 Å². The molecule has 0 saturated carbocycles. The Kier molecular flexibility index (Phi) is 6.90. The summed E-state index contributed by atoms with van der Waals surface area (Å²) in [6.07, 6.45) is 0.828. The molecule has 1 atom stereocenters. The van der Waals surface area contributed by atoms with Gasteiger partial charge in [0, 0.05) is 6.42 Å². The van der Waals surface area contributed by atoms with Crippen LogP contribution in [0.4, 0.5) is 0 Å². The third-order valence-electron chi connectivity index (χ3n) is 4.03. The summed E-state index contributed by atoms with van der Waals surface area (Å²) in [5, 5.41) is 10.8. The second kappa shape index (κ2) is 9.57. The van der Waals surface area contributed by atoms with Gasteiger partial charge in [0.15, 0.2) is 5.82 Å². The third-order valence-corrected chi connectivity index (χ3v) is 4.83. The smallest absolute Gasteiger partial charge is 0.220 e. The minimum absolute atomic E-state index is 0.114. The fourth-order valence-corrected chi connectivity index (χ4v) is 3.02. The maximum Gasteiger partial charge on any atom is 0.220 e. The molecule has 1 amide bonds. The van der Waals surface area contributed by atoms with E-state index in [4.69, 9.17) is 27.9 Å². The summed E-state index contributed by atoms with van der Waals surface area (Å²) in [6.45, 7) is 2.17. The van der Waals surface area contributed by atoms with Crippen molar-refractivity contribution in [2.24, 2.45) is 0 Å². The maximum absolute atomic E-state index is 12.5. The fourth-order valence-electron chi connectivity index (χ4n) is 2.68. The SMILES string of the molecule is Cc1nc(C(NC(=O)CCCOc2cccc(Cl)c2Cl)c2ccccc2)n[nH]1. The molecule has 0 aliphatic rings. The molecule has 2 aromatic carbocycles. The Morgan fingerprint density at radius 2 is 1.96 bits per heavy atom. The number of hydrogen-bond acceptors (Lipinski definition) is 4. The van der Waals surface area contributed by atoms with Crippen molar-refractivity contribution in [1.82, 2.24) is 20.5 Å². The number of nitrogens with one attached hydrogen (secondary N) is 2. The van der Waals surface area contributed by atoms with E-state index in [1.165, 1.54) is 0 Å². The van der Waals surface area contributed by atoms with Crippen molar-refractivity contribution in [2.45, 2.75) is 25.8 Å². The number of rotatable bonds is 8. The number of aromatic nitrogens is 3. The molecule has 0 aliphatic carbocycles. The van der Waals surface area contributed by atoms with Crippen LogP contribution < -0.4 is 10.1 Å². The predicted molar refractivity (Wildman–Crippen MR) is 109 cm³/mol. The quantitative estimate of drug-likeness (QED) is 0.528. The summed E-state index contributed by atoms with van der Waals surface area (Å²) >= 11 is 12.1. The van der Waals surface area contributed by atoms with E-state index in [2.05, 4.69) is 20.5 Å². The Hall–Kier alpha value is -2.57. The third kappa shape index (κ3) is 5.24. The van der Waals surface area contributed by atoms with Gasteiger partial charge in [-0.25, -0.2) is 4.98 Å². The van der Waals surface area contributed by atoms with Gasteiger partial charge in [-0.05, 0) is 31.0 Å². The molecular formula is C20H20Cl2N4O2. The Balaban J connectivity index is 1.56. The number of nitrogens with zero attached hydrogens (tertiary/aromatic N) is 2. The maximum atomic E-state index is 12.5. The van der Waals surface area contributed by atoms with Gasteiger partial charge in [-0.1, -0.05) is 59.6 Å². The number of aryl methyl sites for hydroxylation is 1. The molecule has 0 saturated heterocycles. The van der Waals surface area contributed by atoms with Gasteiger partial charge in [0.2, 0.25) is 5.91 Å². The molecule has 1 aromatic heterocycles. The van der Waals surface area contributed by atoms with Crippen LogP contribution in [0.1, 0.15) is 36.1 Å². The molecule has 3 aromatic rings. The van der Waals surface area contributed by atoms with Gasteiger partial charge in [-0.2, -0.15) is 5.10 Å². The second-order valence-corrected chi connectivity index (χ2v) is 6.98. The van der Waals surface area contributed by atoms with E-state index < -0.39 is 6.04 Å². The van der Waals surface area contributed by atoms with Crippen LogP contribution in [0.25, 0.3) is 0 Å². The fraction of sp³-hybridized carbons (Fsp3) is 0.250. The van der Waals surface area contributed by atoms with E-state index in [0.717, 1.165) is 5.56 Å². The lowest BCUT2D eigenvalue weighted by molar-refractivity contribution is -0.121. The number of amides is 1. The van der Waals surface area contributed by atoms with Crippen molar-refractivity contribution in [1.29, 1.82) is 0 Å². The lowest BCUT2D eigenvalue weighted by atomic mass is 10.1. The van der Waals surface area contributed by atoms with Crippen LogP contribution in [0.2, 0.25) is 10.0 Å². The van der Waals surface area contributed by atoms with E-state index in [-0.39, 0.29) is 5.91 Å². The van der Waals surface area contributed by atoms with Crippen LogP contribution in [-0.2, 0) is 4.79 Å². The van der Waals surface area contributed by atoms with Gasteiger partial charge in [0.1, 0.15) is 22.6 Å². The van der Waals surface area contributed by atoms with Gasteiger partial charge >= 0.3 is 0 Å². The standard InChI is InChI=1S/C20H20Cl2N4O2/c1-13-23-20(26-25-13)19(14-7-3-2-4-8-14)24-17(27)11-6-12-28-16-10-5-9-15(21)18(16)22/h2-5,7-10,19H,6,11-12H2,1H3,(H,24,27)(H,23,25,26). The molecule has 1 unspecified atom stereocenters. The number of H-pyrrole nitrogens is 1. The molecule has 8 heteroatoms. The van der Waals surface area contributed by atoms with Crippen LogP contribution in [0.15, 0.2) is 48.5 Å². The number of carbonyl (C=O) groups excluding carboxylic acids is 1. The van der Waals surface area contributed by atoms with Crippen molar-refractivity contribution in [3.8, 4) is 5.75 Å². The number of carbonyl (C=O) groups is 1. The molecule has 0 aliphatic heterocycles. The van der Waals surface area contributed by atoms with Gasteiger partial charge in [-0.3, -0.25) is 9.89 Å². The summed E-state index contributed by atoms with van der Waals surface area (Å²) < 4.78 is 5.62.